The number of aromatic hydroxyl groups is 1. The molecule has 1 aromatic carbocycles. The molecule has 0 radical (unpaired) electrons. The first-order valence-corrected chi connectivity index (χ1v) is 13.0. The van der Waals surface area contributed by atoms with E-state index in [1.807, 2.05) is 0 Å². The van der Waals surface area contributed by atoms with E-state index in [2.05, 4.69) is 68.4 Å². The van der Waals surface area contributed by atoms with Gasteiger partial charge in [0.15, 0.2) is 0 Å². The molecule has 0 fully saturated rings. The fourth-order valence-electron chi connectivity index (χ4n) is 4.47. The Morgan fingerprint density at radius 2 is 0.871 bits per heavy atom. The maximum Gasteiger partial charge on any atom is 0.121 e. The van der Waals surface area contributed by atoms with Gasteiger partial charge in [0.05, 0.1) is 0 Å². The Morgan fingerprint density at radius 3 is 1.19 bits per heavy atom. The average Bonchev–Trinajstić information content (AvgIpc) is 2.79. The van der Waals surface area contributed by atoms with E-state index in [1.165, 1.54) is 12.0 Å². The molecule has 0 atom stereocenters. The first kappa shape index (κ1) is 27.9. The van der Waals surface area contributed by atoms with Crippen molar-refractivity contribution >= 4 is 0 Å². The second-order valence-electron chi connectivity index (χ2n) is 8.65. The van der Waals surface area contributed by atoms with Gasteiger partial charge >= 0.3 is 0 Å². The lowest BCUT2D eigenvalue weighted by Crippen LogP contribution is -2.24. The van der Waals surface area contributed by atoms with Crippen LogP contribution in [0.2, 0.25) is 0 Å². The van der Waals surface area contributed by atoms with Crippen molar-refractivity contribution in [3.05, 3.63) is 28.8 Å². The molecule has 4 heteroatoms. The molecule has 0 saturated carbocycles. The number of phenols is 1. The van der Waals surface area contributed by atoms with E-state index in [0.717, 1.165) is 102 Å². The number of benzene rings is 1. The van der Waals surface area contributed by atoms with Crippen molar-refractivity contribution in [1.29, 1.82) is 0 Å². The van der Waals surface area contributed by atoms with E-state index in [-0.39, 0.29) is 0 Å². The van der Waals surface area contributed by atoms with Crippen molar-refractivity contribution < 1.29 is 5.11 Å². The topological polar surface area (TPSA) is 30.0 Å². The highest BCUT2D eigenvalue weighted by Crippen LogP contribution is 2.28. The van der Waals surface area contributed by atoms with E-state index in [0.29, 0.717) is 5.75 Å². The van der Waals surface area contributed by atoms with Crippen molar-refractivity contribution in [2.45, 2.75) is 80.1 Å². The lowest BCUT2D eigenvalue weighted by atomic mass is 9.95. The zero-order chi connectivity index (χ0) is 23.1. The van der Waals surface area contributed by atoms with Crippen LogP contribution in [0, 0.1) is 0 Å². The lowest BCUT2D eigenvalue weighted by molar-refractivity contribution is 0.298. The summed E-state index contributed by atoms with van der Waals surface area (Å²) in [7, 11) is 0. The van der Waals surface area contributed by atoms with Crippen LogP contribution in [-0.2, 0) is 19.3 Å². The molecule has 180 valence electrons. The van der Waals surface area contributed by atoms with Gasteiger partial charge in [0, 0.05) is 0 Å². The highest BCUT2D eigenvalue weighted by Gasteiger charge is 2.12. The first-order chi connectivity index (χ1) is 15.0. The fourth-order valence-corrected chi connectivity index (χ4v) is 4.47. The summed E-state index contributed by atoms with van der Waals surface area (Å²) in [6, 6.07) is 4.57. The molecule has 1 aromatic rings. The van der Waals surface area contributed by atoms with Gasteiger partial charge in [-0.3, -0.25) is 0 Å². The SMILES string of the molecule is CCN(CC)CCCc1cc(CCCN(CC)CC)c(O)c(CCCN(CC)CC)c1. The van der Waals surface area contributed by atoms with E-state index in [4.69, 9.17) is 0 Å². The summed E-state index contributed by atoms with van der Waals surface area (Å²) in [6.45, 7) is 23.4. The highest BCUT2D eigenvalue weighted by atomic mass is 16.3. The van der Waals surface area contributed by atoms with E-state index >= 15 is 0 Å². The Morgan fingerprint density at radius 1 is 0.548 bits per heavy atom. The molecule has 0 aromatic heterocycles. The van der Waals surface area contributed by atoms with Gasteiger partial charge in [-0.15, -0.1) is 0 Å². The summed E-state index contributed by atoms with van der Waals surface area (Å²) in [5, 5.41) is 11.0. The second kappa shape index (κ2) is 16.5. The van der Waals surface area contributed by atoms with Gasteiger partial charge in [-0.1, -0.05) is 53.7 Å². The summed E-state index contributed by atoms with van der Waals surface area (Å²) >= 11 is 0. The van der Waals surface area contributed by atoms with Crippen LogP contribution in [0.5, 0.6) is 5.75 Å². The van der Waals surface area contributed by atoms with E-state index in [1.54, 1.807) is 0 Å². The number of nitrogens with zero attached hydrogens (tertiary/aromatic N) is 3. The molecule has 31 heavy (non-hydrogen) atoms. The van der Waals surface area contributed by atoms with Crippen molar-refractivity contribution in [1.82, 2.24) is 14.7 Å². The smallest absolute Gasteiger partial charge is 0.121 e. The van der Waals surface area contributed by atoms with Crippen molar-refractivity contribution in [2.24, 2.45) is 0 Å². The van der Waals surface area contributed by atoms with Gasteiger partial charge in [0.25, 0.3) is 0 Å². The van der Waals surface area contributed by atoms with Crippen LogP contribution in [-0.4, -0.2) is 78.7 Å². The maximum absolute atomic E-state index is 11.0. The van der Waals surface area contributed by atoms with E-state index < -0.39 is 0 Å². The normalized spacial score (nSPS) is 11.9. The third-order valence-corrected chi connectivity index (χ3v) is 6.79. The molecule has 0 aliphatic carbocycles. The molecule has 1 rings (SSSR count). The number of hydrogen-bond acceptors (Lipinski definition) is 4. The third-order valence-electron chi connectivity index (χ3n) is 6.79. The van der Waals surface area contributed by atoms with Gasteiger partial charge in [0.2, 0.25) is 0 Å². The molecule has 0 aliphatic heterocycles. The largest absolute Gasteiger partial charge is 0.507 e. The Kier molecular flexibility index (Phi) is 14.9. The quantitative estimate of drug-likeness (QED) is 0.344. The number of phenolic OH excluding ortho intramolecular Hbond substituents is 1. The monoisotopic (exact) mass is 433 g/mol. The molecule has 0 saturated heterocycles. The van der Waals surface area contributed by atoms with Crippen LogP contribution in [0.15, 0.2) is 12.1 Å². The Bertz CT molecular complexity index is 539. The second-order valence-corrected chi connectivity index (χ2v) is 8.65. The minimum absolute atomic E-state index is 0.562. The molecule has 0 heterocycles. The van der Waals surface area contributed by atoms with Gasteiger partial charge in [-0.2, -0.15) is 0 Å². The predicted octanol–water partition coefficient (Wildman–Crippen LogP) is 5.22. The average molecular weight is 434 g/mol. The molecular weight excluding hydrogens is 382 g/mol. The van der Waals surface area contributed by atoms with Crippen molar-refractivity contribution in [3.8, 4) is 5.75 Å². The molecule has 1 N–H and O–H groups in total. The van der Waals surface area contributed by atoms with Crippen LogP contribution in [0.25, 0.3) is 0 Å². The molecular formula is C27H51N3O. The number of aryl methyl sites for hydroxylation is 3. The summed E-state index contributed by atoms with van der Waals surface area (Å²) < 4.78 is 0. The van der Waals surface area contributed by atoms with Gasteiger partial charge in [-0.25, -0.2) is 0 Å². The molecule has 0 amide bonds. The first-order valence-electron chi connectivity index (χ1n) is 13.0. The molecule has 0 spiro atoms. The van der Waals surface area contributed by atoms with Crippen LogP contribution in [0.1, 0.15) is 77.5 Å². The Balaban J connectivity index is 2.86. The Labute approximate surface area is 193 Å². The summed E-state index contributed by atoms with van der Waals surface area (Å²) in [5.74, 6) is 0.562. The minimum atomic E-state index is 0.562. The summed E-state index contributed by atoms with van der Waals surface area (Å²) in [6.07, 6.45) is 6.44. The van der Waals surface area contributed by atoms with Crippen LogP contribution >= 0.6 is 0 Å². The zero-order valence-electron chi connectivity index (χ0n) is 21.6. The zero-order valence-corrected chi connectivity index (χ0v) is 21.6. The lowest BCUT2D eigenvalue weighted by Gasteiger charge is -2.20. The highest BCUT2D eigenvalue weighted by molar-refractivity contribution is 5.44. The number of hydrogen-bond donors (Lipinski definition) is 1. The number of rotatable bonds is 18. The Hall–Kier alpha value is -1.10. The molecule has 0 unspecified atom stereocenters. The summed E-state index contributed by atoms with van der Waals surface area (Å²) in [4.78, 5) is 7.43. The summed E-state index contributed by atoms with van der Waals surface area (Å²) in [5.41, 5.74) is 3.72. The fraction of sp³-hybridized carbons (Fsp3) is 0.778. The van der Waals surface area contributed by atoms with E-state index in [9.17, 15) is 5.11 Å². The van der Waals surface area contributed by atoms with Crippen LogP contribution in [0.4, 0.5) is 0 Å². The molecule has 0 bridgehead atoms. The maximum atomic E-state index is 11.0. The molecule has 4 nitrogen and oxygen atoms in total. The standard InChI is InChI=1S/C27H51N3O/c1-7-28(8-2)19-13-16-24-22-25(17-14-20-29(9-3)10-4)27(31)26(23-24)18-15-21-30(11-5)12-6/h22-23,31H,7-21H2,1-6H3. The third kappa shape index (κ3) is 10.4. The predicted molar refractivity (Wildman–Crippen MR) is 136 cm³/mol. The minimum Gasteiger partial charge on any atom is -0.507 e. The van der Waals surface area contributed by atoms with Crippen molar-refractivity contribution in [3.63, 3.8) is 0 Å². The van der Waals surface area contributed by atoms with Crippen LogP contribution < -0.4 is 0 Å². The van der Waals surface area contributed by atoms with Crippen molar-refractivity contribution in [2.75, 3.05) is 58.9 Å². The van der Waals surface area contributed by atoms with Gasteiger partial charge in [0.1, 0.15) is 5.75 Å². The van der Waals surface area contributed by atoms with Crippen LogP contribution in [0.3, 0.4) is 0 Å². The van der Waals surface area contributed by atoms with Gasteiger partial charge in [-0.05, 0) is 114 Å². The molecule has 0 aliphatic rings. The van der Waals surface area contributed by atoms with Gasteiger partial charge < -0.3 is 19.8 Å².